The minimum atomic E-state index is -0.644. The monoisotopic (exact) mass is 179 g/mol. The molecule has 0 unspecified atom stereocenters. The lowest BCUT2D eigenvalue weighted by Crippen LogP contribution is -2.38. The Morgan fingerprint density at radius 3 is 2.64 bits per heavy atom. The molecule has 2 N–H and O–H groups in total. The Morgan fingerprint density at radius 2 is 2.27 bits per heavy atom. The van der Waals surface area contributed by atoms with Crippen LogP contribution < -0.4 is 5.32 Å². The molecular formula is C7H14ClNO2. The summed E-state index contributed by atoms with van der Waals surface area (Å²) >= 11 is 0. The average Bonchev–Trinajstić information content (AvgIpc) is 1.88. The minimum absolute atomic E-state index is 0. The quantitative estimate of drug-likeness (QED) is 0.624. The predicted molar refractivity (Wildman–Crippen MR) is 45.0 cm³/mol. The molecule has 4 heteroatoms. The van der Waals surface area contributed by atoms with Crippen LogP contribution in [0.15, 0.2) is 0 Å². The summed E-state index contributed by atoms with van der Waals surface area (Å²) in [4.78, 5) is 10.5. The first-order chi connectivity index (χ1) is 4.72. The van der Waals surface area contributed by atoms with Gasteiger partial charge in [-0.2, -0.15) is 0 Å². The Bertz CT molecular complexity index is 140. The maximum Gasteiger partial charge on any atom is 0.306 e. The van der Waals surface area contributed by atoms with Crippen molar-refractivity contribution in [1.29, 1.82) is 0 Å². The van der Waals surface area contributed by atoms with Crippen molar-refractivity contribution < 1.29 is 9.90 Å². The first kappa shape index (κ1) is 10.7. The van der Waals surface area contributed by atoms with Crippen LogP contribution in [-0.2, 0) is 4.79 Å². The SMILES string of the molecule is C[C@H]1CNCC[C@@H]1C(=O)O.Cl. The molecule has 0 amide bonds. The Labute approximate surface area is 72.6 Å². The highest BCUT2D eigenvalue weighted by Crippen LogP contribution is 2.17. The number of halogens is 1. The molecule has 1 aliphatic rings. The van der Waals surface area contributed by atoms with Crippen LogP contribution in [0.5, 0.6) is 0 Å². The molecule has 0 saturated carbocycles. The number of hydrogen-bond donors (Lipinski definition) is 2. The molecule has 2 atom stereocenters. The van der Waals surface area contributed by atoms with Crippen molar-refractivity contribution >= 4 is 18.4 Å². The molecular weight excluding hydrogens is 166 g/mol. The van der Waals surface area contributed by atoms with Crippen LogP contribution in [0.25, 0.3) is 0 Å². The van der Waals surface area contributed by atoms with Gasteiger partial charge in [-0.15, -0.1) is 12.4 Å². The van der Waals surface area contributed by atoms with Crippen LogP contribution in [0.2, 0.25) is 0 Å². The second kappa shape index (κ2) is 4.57. The van der Waals surface area contributed by atoms with Crippen molar-refractivity contribution in [1.82, 2.24) is 5.32 Å². The Balaban J connectivity index is 0.000001000. The number of carboxylic acid groups (broad SMARTS) is 1. The van der Waals surface area contributed by atoms with E-state index < -0.39 is 5.97 Å². The predicted octanol–water partition coefficient (Wildman–Crippen LogP) is 0.738. The molecule has 66 valence electrons. The van der Waals surface area contributed by atoms with Gasteiger partial charge in [0.05, 0.1) is 5.92 Å². The summed E-state index contributed by atoms with van der Waals surface area (Å²) in [6, 6.07) is 0. The third-order valence-corrected chi connectivity index (χ3v) is 2.10. The van der Waals surface area contributed by atoms with Crippen molar-refractivity contribution in [2.75, 3.05) is 13.1 Å². The van der Waals surface area contributed by atoms with E-state index in [1.807, 2.05) is 6.92 Å². The number of piperidine rings is 1. The molecule has 0 radical (unpaired) electrons. The van der Waals surface area contributed by atoms with Gasteiger partial charge in [0.25, 0.3) is 0 Å². The van der Waals surface area contributed by atoms with Gasteiger partial charge in [0, 0.05) is 0 Å². The van der Waals surface area contributed by atoms with Crippen LogP contribution in [0.1, 0.15) is 13.3 Å². The van der Waals surface area contributed by atoms with Gasteiger partial charge in [-0.1, -0.05) is 6.92 Å². The number of hydrogen-bond acceptors (Lipinski definition) is 2. The van der Waals surface area contributed by atoms with E-state index in [1.165, 1.54) is 0 Å². The van der Waals surface area contributed by atoms with Crippen molar-refractivity contribution in [2.24, 2.45) is 11.8 Å². The fraction of sp³-hybridized carbons (Fsp3) is 0.857. The summed E-state index contributed by atoms with van der Waals surface area (Å²) in [6.45, 7) is 3.67. The zero-order chi connectivity index (χ0) is 7.56. The molecule has 0 aromatic rings. The van der Waals surface area contributed by atoms with E-state index in [4.69, 9.17) is 5.11 Å². The summed E-state index contributed by atoms with van der Waals surface area (Å²) in [5.41, 5.74) is 0. The van der Waals surface area contributed by atoms with E-state index in [9.17, 15) is 4.79 Å². The van der Waals surface area contributed by atoms with Gasteiger partial charge in [-0.25, -0.2) is 0 Å². The smallest absolute Gasteiger partial charge is 0.306 e. The topological polar surface area (TPSA) is 49.3 Å². The van der Waals surface area contributed by atoms with Crippen LogP contribution >= 0.6 is 12.4 Å². The third-order valence-electron chi connectivity index (χ3n) is 2.10. The van der Waals surface area contributed by atoms with Gasteiger partial charge in [-0.05, 0) is 25.4 Å². The maximum atomic E-state index is 10.5. The first-order valence-corrected chi connectivity index (χ1v) is 3.65. The molecule has 0 aromatic carbocycles. The standard InChI is InChI=1S/C7H13NO2.ClH/c1-5-4-8-3-2-6(5)7(9)10;/h5-6,8H,2-4H2,1H3,(H,9,10);1H/t5-,6-;/m0./s1. The van der Waals surface area contributed by atoms with Crippen LogP contribution in [0.4, 0.5) is 0 Å². The lowest BCUT2D eigenvalue weighted by Gasteiger charge is -2.25. The van der Waals surface area contributed by atoms with E-state index in [2.05, 4.69) is 5.32 Å². The molecule has 0 bridgehead atoms. The highest BCUT2D eigenvalue weighted by molar-refractivity contribution is 5.85. The largest absolute Gasteiger partial charge is 0.481 e. The van der Waals surface area contributed by atoms with Crippen molar-refractivity contribution in [2.45, 2.75) is 13.3 Å². The number of aliphatic carboxylic acids is 1. The van der Waals surface area contributed by atoms with Crippen molar-refractivity contribution in [3.05, 3.63) is 0 Å². The second-order valence-electron chi connectivity index (χ2n) is 2.91. The number of carboxylic acids is 1. The van der Waals surface area contributed by atoms with E-state index in [0.29, 0.717) is 0 Å². The normalized spacial score (nSPS) is 30.6. The summed E-state index contributed by atoms with van der Waals surface area (Å²) in [5, 5.41) is 11.8. The van der Waals surface area contributed by atoms with Gasteiger partial charge < -0.3 is 10.4 Å². The summed E-state index contributed by atoms with van der Waals surface area (Å²) < 4.78 is 0. The summed E-state index contributed by atoms with van der Waals surface area (Å²) in [6.07, 6.45) is 0.774. The van der Waals surface area contributed by atoms with Gasteiger partial charge in [0.2, 0.25) is 0 Å². The third kappa shape index (κ3) is 2.67. The maximum absolute atomic E-state index is 10.5. The molecule has 11 heavy (non-hydrogen) atoms. The molecule has 0 aromatic heterocycles. The van der Waals surface area contributed by atoms with E-state index in [0.717, 1.165) is 19.5 Å². The fourth-order valence-corrected chi connectivity index (χ4v) is 1.38. The van der Waals surface area contributed by atoms with E-state index >= 15 is 0 Å². The van der Waals surface area contributed by atoms with E-state index in [-0.39, 0.29) is 24.2 Å². The Hall–Kier alpha value is -0.280. The van der Waals surface area contributed by atoms with Crippen LogP contribution in [-0.4, -0.2) is 24.2 Å². The molecule has 0 spiro atoms. The van der Waals surface area contributed by atoms with Gasteiger partial charge >= 0.3 is 5.97 Å². The molecule has 0 aliphatic carbocycles. The lowest BCUT2D eigenvalue weighted by molar-refractivity contribution is -0.144. The van der Waals surface area contributed by atoms with Gasteiger partial charge in [-0.3, -0.25) is 4.79 Å². The Morgan fingerprint density at radius 1 is 1.64 bits per heavy atom. The average molecular weight is 180 g/mol. The van der Waals surface area contributed by atoms with E-state index in [1.54, 1.807) is 0 Å². The lowest BCUT2D eigenvalue weighted by atomic mass is 9.88. The zero-order valence-corrected chi connectivity index (χ0v) is 7.36. The molecule has 1 saturated heterocycles. The molecule has 1 fully saturated rings. The first-order valence-electron chi connectivity index (χ1n) is 3.65. The molecule has 1 rings (SSSR count). The highest BCUT2D eigenvalue weighted by atomic mass is 35.5. The molecule has 1 aliphatic heterocycles. The number of carbonyl (C=O) groups is 1. The van der Waals surface area contributed by atoms with Crippen LogP contribution in [0.3, 0.4) is 0 Å². The minimum Gasteiger partial charge on any atom is -0.481 e. The highest BCUT2D eigenvalue weighted by Gasteiger charge is 2.26. The molecule has 3 nitrogen and oxygen atoms in total. The second-order valence-corrected chi connectivity index (χ2v) is 2.91. The van der Waals surface area contributed by atoms with Crippen LogP contribution in [0, 0.1) is 11.8 Å². The zero-order valence-electron chi connectivity index (χ0n) is 6.54. The Kier molecular flexibility index (Phi) is 4.45. The van der Waals surface area contributed by atoms with Gasteiger partial charge in [0.1, 0.15) is 0 Å². The fourth-order valence-electron chi connectivity index (χ4n) is 1.38. The number of nitrogens with one attached hydrogen (secondary N) is 1. The summed E-state index contributed by atoms with van der Waals surface area (Å²) in [7, 11) is 0. The molecule has 1 heterocycles. The van der Waals surface area contributed by atoms with Gasteiger partial charge in [0.15, 0.2) is 0 Å². The summed E-state index contributed by atoms with van der Waals surface area (Å²) in [5.74, 6) is -0.485. The number of rotatable bonds is 1. The van der Waals surface area contributed by atoms with Crippen molar-refractivity contribution in [3.8, 4) is 0 Å². The van der Waals surface area contributed by atoms with Crippen molar-refractivity contribution in [3.63, 3.8) is 0 Å².